The van der Waals surface area contributed by atoms with Crippen molar-refractivity contribution in [3.63, 3.8) is 0 Å². The predicted molar refractivity (Wildman–Crippen MR) is 79.9 cm³/mol. The third kappa shape index (κ3) is 3.15. The van der Waals surface area contributed by atoms with Crippen molar-refractivity contribution in [3.05, 3.63) is 27.5 Å². The fourth-order valence-corrected chi connectivity index (χ4v) is 3.03. The molecule has 1 aliphatic heterocycles. The summed E-state index contributed by atoms with van der Waals surface area (Å²) in [5.74, 6) is 0.427. The van der Waals surface area contributed by atoms with E-state index in [4.69, 9.17) is 16.3 Å². The van der Waals surface area contributed by atoms with Gasteiger partial charge in [-0.1, -0.05) is 11.6 Å². The van der Waals surface area contributed by atoms with E-state index in [2.05, 4.69) is 20.9 Å². The Morgan fingerprint density at radius 2 is 2.30 bits per heavy atom. The van der Waals surface area contributed by atoms with Gasteiger partial charge in [-0.25, -0.2) is 4.98 Å². The summed E-state index contributed by atoms with van der Waals surface area (Å²) in [7, 11) is 0. The first-order valence-electron chi connectivity index (χ1n) is 6.85. The van der Waals surface area contributed by atoms with E-state index in [1.54, 1.807) is 12.3 Å². The second-order valence-corrected chi connectivity index (χ2v) is 6.68. The number of pyridine rings is 1. The fourth-order valence-electron chi connectivity index (χ4n) is 2.52. The number of nitrogens with zero attached hydrogens (tertiary/aromatic N) is 2. The van der Waals surface area contributed by atoms with Crippen LogP contribution in [0.5, 0.6) is 0 Å². The van der Waals surface area contributed by atoms with Crippen LogP contribution < -0.4 is 0 Å². The van der Waals surface area contributed by atoms with Crippen molar-refractivity contribution in [2.45, 2.75) is 25.3 Å². The lowest BCUT2D eigenvalue weighted by Gasteiger charge is -2.25. The molecule has 20 heavy (non-hydrogen) atoms. The zero-order valence-electron chi connectivity index (χ0n) is 11.0. The molecule has 1 saturated carbocycles. The summed E-state index contributed by atoms with van der Waals surface area (Å²) in [5.41, 5.74) is 0.479. The van der Waals surface area contributed by atoms with Gasteiger partial charge in [0.15, 0.2) is 0 Å². The first kappa shape index (κ1) is 14.3. The van der Waals surface area contributed by atoms with E-state index in [1.807, 2.05) is 4.90 Å². The maximum Gasteiger partial charge on any atom is 0.257 e. The van der Waals surface area contributed by atoms with Gasteiger partial charge in [0, 0.05) is 35.8 Å². The molecular weight excluding hydrogens is 344 g/mol. The first-order valence-corrected chi connectivity index (χ1v) is 8.02. The van der Waals surface area contributed by atoms with Gasteiger partial charge in [-0.3, -0.25) is 4.79 Å². The average Bonchev–Trinajstić information content (AvgIpc) is 3.15. The molecule has 4 nitrogen and oxygen atoms in total. The maximum absolute atomic E-state index is 12.7. The number of hydrogen-bond donors (Lipinski definition) is 0. The topological polar surface area (TPSA) is 42.4 Å². The number of aromatic nitrogens is 1. The molecule has 1 saturated heterocycles. The molecule has 6 heteroatoms. The molecule has 0 radical (unpaired) electrons. The van der Waals surface area contributed by atoms with Crippen molar-refractivity contribution in [2.75, 3.05) is 19.8 Å². The maximum atomic E-state index is 12.7. The van der Waals surface area contributed by atoms with E-state index < -0.39 is 0 Å². The molecule has 1 amide bonds. The summed E-state index contributed by atoms with van der Waals surface area (Å²) in [4.78, 5) is 18.7. The Morgan fingerprint density at radius 1 is 1.50 bits per heavy atom. The van der Waals surface area contributed by atoms with Gasteiger partial charge < -0.3 is 9.64 Å². The number of rotatable bonds is 4. The average molecular weight is 360 g/mol. The van der Waals surface area contributed by atoms with E-state index >= 15 is 0 Å². The van der Waals surface area contributed by atoms with Crippen LogP contribution in [0.1, 0.15) is 29.6 Å². The fraction of sp³-hybridized carbons (Fsp3) is 0.571. The SMILES string of the molecule is O=C(c1cc(Br)cnc1Cl)N(C[C@H]1CCOC1)C1CC1. The highest BCUT2D eigenvalue weighted by Crippen LogP contribution is 2.31. The molecule has 2 aliphatic rings. The highest BCUT2D eigenvalue weighted by atomic mass is 79.9. The minimum absolute atomic E-state index is 0.0156. The summed E-state index contributed by atoms with van der Waals surface area (Å²) in [5, 5.41) is 0.270. The number of ether oxygens (including phenoxy) is 1. The molecule has 0 N–H and O–H groups in total. The lowest BCUT2D eigenvalue weighted by molar-refractivity contribution is 0.0706. The summed E-state index contributed by atoms with van der Waals surface area (Å²) in [6, 6.07) is 2.11. The third-order valence-electron chi connectivity index (χ3n) is 3.76. The van der Waals surface area contributed by atoms with Gasteiger partial charge in [0.1, 0.15) is 5.15 Å². The Balaban J connectivity index is 1.79. The highest BCUT2D eigenvalue weighted by Gasteiger charge is 2.36. The summed E-state index contributed by atoms with van der Waals surface area (Å²) < 4.78 is 6.17. The Morgan fingerprint density at radius 3 is 2.95 bits per heavy atom. The van der Waals surface area contributed by atoms with Crippen LogP contribution in [0.2, 0.25) is 5.15 Å². The minimum Gasteiger partial charge on any atom is -0.381 e. The van der Waals surface area contributed by atoms with Crippen molar-refractivity contribution < 1.29 is 9.53 Å². The summed E-state index contributed by atoms with van der Waals surface area (Å²) in [6.45, 7) is 2.31. The second kappa shape index (κ2) is 6.00. The standard InChI is InChI=1S/C14H16BrClN2O2/c15-10-5-12(13(16)17-6-10)14(19)18(11-1-2-11)7-9-3-4-20-8-9/h5-6,9,11H,1-4,7-8H2/t9-/m1/s1. The third-order valence-corrected chi connectivity index (χ3v) is 4.50. The predicted octanol–water partition coefficient (Wildman–Crippen LogP) is 3.14. The van der Waals surface area contributed by atoms with Crippen molar-refractivity contribution >= 4 is 33.4 Å². The number of amides is 1. The quantitative estimate of drug-likeness (QED) is 0.776. The highest BCUT2D eigenvalue weighted by molar-refractivity contribution is 9.10. The molecular formula is C14H16BrClN2O2. The molecule has 2 fully saturated rings. The van der Waals surface area contributed by atoms with Gasteiger partial charge in [-0.15, -0.1) is 0 Å². The lowest BCUT2D eigenvalue weighted by atomic mass is 10.1. The molecule has 0 spiro atoms. The van der Waals surface area contributed by atoms with Crippen LogP contribution in [-0.2, 0) is 4.74 Å². The van der Waals surface area contributed by atoms with Gasteiger partial charge in [0.25, 0.3) is 5.91 Å². The van der Waals surface area contributed by atoms with E-state index in [-0.39, 0.29) is 11.1 Å². The normalized spacial score (nSPS) is 22.0. The van der Waals surface area contributed by atoms with Crippen molar-refractivity contribution in [3.8, 4) is 0 Å². The van der Waals surface area contributed by atoms with Crippen LogP contribution in [0.4, 0.5) is 0 Å². The Labute approximate surface area is 131 Å². The van der Waals surface area contributed by atoms with Crippen LogP contribution in [0.25, 0.3) is 0 Å². The molecule has 1 aromatic rings. The monoisotopic (exact) mass is 358 g/mol. The molecule has 1 aromatic heterocycles. The molecule has 1 aliphatic carbocycles. The van der Waals surface area contributed by atoms with Crippen LogP contribution in [-0.4, -0.2) is 41.6 Å². The smallest absolute Gasteiger partial charge is 0.257 e. The molecule has 0 bridgehead atoms. The van der Waals surface area contributed by atoms with Crippen molar-refractivity contribution in [1.29, 1.82) is 0 Å². The Kier molecular flexibility index (Phi) is 4.29. The zero-order chi connectivity index (χ0) is 14.1. The van der Waals surface area contributed by atoms with Crippen LogP contribution in [0, 0.1) is 5.92 Å². The van der Waals surface area contributed by atoms with Crippen LogP contribution in [0.15, 0.2) is 16.7 Å². The lowest BCUT2D eigenvalue weighted by Crippen LogP contribution is -2.37. The molecule has 2 heterocycles. The van der Waals surface area contributed by atoms with Crippen LogP contribution >= 0.6 is 27.5 Å². The Bertz CT molecular complexity index is 516. The molecule has 3 rings (SSSR count). The number of carbonyl (C=O) groups excluding carboxylic acids is 1. The molecule has 1 atom stereocenters. The molecule has 108 valence electrons. The Hall–Kier alpha value is -0.650. The van der Waals surface area contributed by atoms with Gasteiger partial charge in [-0.05, 0) is 41.3 Å². The van der Waals surface area contributed by atoms with E-state index in [1.165, 1.54) is 0 Å². The van der Waals surface area contributed by atoms with Gasteiger partial charge in [0.2, 0.25) is 0 Å². The van der Waals surface area contributed by atoms with Crippen molar-refractivity contribution in [1.82, 2.24) is 9.88 Å². The van der Waals surface area contributed by atoms with Crippen LogP contribution in [0.3, 0.4) is 0 Å². The number of carbonyl (C=O) groups is 1. The molecule has 0 aromatic carbocycles. The summed E-state index contributed by atoms with van der Waals surface area (Å²) in [6.07, 6.45) is 4.79. The number of hydrogen-bond acceptors (Lipinski definition) is 3. The van der Waals surface area contributed by atoms with E-state index in [0.29, 0.717) is 17.5 Å². The van der Waals surface area contributed by atoms with Gasteiger partial charge in [-0.2, -0.15) is 0 Å². The van der Waals surface area contributed by atoms with E-state index in [0.717, 1.165) is 43.5 Å². The molecule has 0 unspecified atom stereocenters. The van der Waals surface area contributed by atoms with Gasteiger partial charge in [0.05, 0.1) is 12.2 Å². The van der Waals surface area contributed by atoms with Crippen molar-refractivity contribution in [2.24, 2.45) is 5.92 Å². The van der Waals surface area contributed by atoms with E-state index in [9.17, 15) is 4.79 Å². The first-order chi connectivity index (χ1) is 9.65. The minimum atomic E-state index is -0.0156. The van der Waals surface area contributed by atoms with Gasteiger partial charge >= 0.3 is 0 Å². The summed E-state index contributed by atoms with van der Waals surface area (Å²) >= 11 is 9.42. The second-order valence-electron chi connectivity index (χ2n) is 5.41. The number of halogens is 2. The zero-order valence-corrected chi connectivity index (χ0v) is 13.4. The largest absolute Gasteiger partial charge is 0.381 e.